The van der Waals surface area contributed by atoms with E-state index >= 15 is 0 Å². The van der Waals surface area contributed by atoms with Crippen LogP contribution in [0.15, 0.2) is 42.8 Å². The number of aromatic nitrogens is 1. The molecule has 3 aromatic rings. The molecule has 0 atom stereocenters. The molecule has 0 spiro atoms. The van der Waals surface area contributed by atoms with Gasteiger partial charge < -0.3 is 13.4 Å². The van der Waals surface area contributed by atoms with Crippen LogP contribution >= 0.6 is 35.3 Å². The van der Waals surface area contributed by atoms with Crippen LogP contribution in [0.25, 0.3) is 30.3 Å². The second-order valence-corrected chi connectivity index (χ2v) is 8.80. The maximum Gasteiger partial charge on any atom is 0.268 e. The minimum atomic E-state index is -0.148. The summed E-state index contributed by atoms with van der Waals surface area (Å²) in [4.78, 5) is 26.1. The van der Waals surface area contributed by atoms with E-state index < -0.39 is 0 Å². The van der Waals surface area contributed by atoms with Crippen molar-refractivity contribution in [2.45, 2.75) is 0 Å². The van der Waals surface area contributed by atoms with Crippen molar-refractivity contribution in [3.05, 3.63) is 60.2 Å². The lowest BCUT2D eigenvalue weighted by Gasteiger charge is -2.03. The normalized spacial score (nSPS) is 16.7. The first-order chi connectivity index (χ1) is 13.3. The summed E-state index contributed by atoms with van der Waals surface area (Å²) in [5.41, 5.74) is -0.110. The van der Waals surface area contributed by atoms with Gasteiger partial charge in [0.05, 0.1) is 14.1 Å². The fourth-order valence-corrected chi connectivity index (χ4v) is 4.57. The van der Waals surface area contributed by atoms with Crippen molar-refractivity contribution >= 4 is 64.3 Å². The predicted molar refractivity (Wildman–Crippen MR) is 115 cm³/mol. The van der Waals surface area contributed by atoms with Gasteiger partial charge in [0.25, 0.3) is 11.5 Å². The Morgan fingerprint density at radius 2 is 1.64 bits per heavy atom. The third kappa shape index (κ3) is 3.32. The van der Waals surface area contributed by atoms with E-state index in [-0.39, 0.29) is 11.5 Å². The summed E-state index contributed by atoms with van der Waals surface area (Å²) in [5.74, 6) is 1.97. The van der Waals surface area contributed by atoms with E-state index in [0.29, 0.717) is 41.5 Å². The number of rotatable bonds is 3. The van der Waals surface area contributed by atoms with Gasteiger partial charge in [0.1, 0.15) is 15.8 Å². The Labute approximate surface area is 173 Å². The van der Waals surface area contributed by atoms with E-state index in [1.165, 1.54) is 32.6 Å². The zero-order valence-electron chi connectivity index (χ0n) is 14.9. The molecule has 1 aliphatic rings. The van der Waals surface area contributed by atoms with Crippen LogP contribution in [0, 0.1) is 0 Å². The van der Waals surface area contributed by atoms with Gasteiger partial charge in [0.15, 0.2) is 11.5 Å². The molecule has 1 aliphatic heterocycles. The molecule has 0 bridgehead atoms. The summed E-state index contributed by atoms with van der Waals surface area (Å²) in [5, 5.41) is 0. The van der Waals surface area contributed by atoms with Crippen molar-refractivity contribution in [1.82, 2.24) is 9.47 Å². The first kappa shape index (κ1) is 18.7. The van der Waals surface area contributed by atoms with Gasteiger partial charge in [0, 0.05) is 26.2 Å². The van der Waals surface area contributed by atoms with Gasteiger partial charge in [-0.2, -0.15) is 0 Å². The molecule has 6 nitrogen and oxygen atoms in total. The van der Waals surface area contributed by atoms with Crippen molar-refractivity contribution in [3.63, 3.8) is 0 Å². The summed E-state index contributed by atoms with van der Waals surface area (Å²) in [6.45, 7) is 3.83. The number of amides is 1. The molecule has 0 N–H and O–H groups in total. The monoisotopic (exact) mass is 430 g/mol. The number of thioether (sulfide) groups is 1. The zero-order chi connectivity index (χ0) is 20.0. The largest absolute Gasteiger partial charge is 0.453 e. The van der Waals surface area contributed by atoms with Crippen molar-refractivity contribution in [1.29, 1.82) is 0 Å². The SMILES string of the molecule is C=c1s/c(=C\c2ccc(-c3ccc(/C=C4\SC(=S)N(C)C4=O)o3)o2)c(=O)n1C. The second-order valence-electron chi connectivity index (χ2n) is 6.01. The Hall–Kier alpha value is -2.62. The van der Waals surface area contributed by atoms with Crippen molar-refractivity contribution in [2.24, 2.45) is 7.05 Å². The molecule has 1 amide bonds. The zero-order valence-corrected chi connectivity index (χ0v) is 17.4. The number of thiazole rings is 1. The van der Waals surface area contributed by atoms with Gasteiger partial charge in [-0.15, -0.1) is 11.3 Å². The topological polar surface area (TPSA) is 68.6 Å². The smallest absolute Gasteiger partial charge is 0.268 e. The van der Waals surface area contributed by atoms with Gasteiger partial charge in [-0.3, -0.25) is 14.5 Å². The molecule has 0 unspecified atom stereocenters. The quantitative estimate of drug-likeness (QED) is 0.469. The number of furan rings is 2. The number of nitrogens with zero attached hydrogens (tertiary/aromatic N) is 2. The fraction of sp³-hybridized carbons (Fsp3) is 0.105. The third-order valence-corrected chi connectivity index (χ3v) is 6.65. The average molecular weight is 431 g/mol. The first-order valence-electron chi connectivity index (χ1n) is 8.11. The molecule has 0 radical (unpaired) electrons. The Kier molecular flexibility index (Phi) is 4.74. The van der Waals surface area contributed by atoms with E-state index in [9.17, 15) is 9.59 Å². The number of thiocarbonyl (C=S) groups is 1. The van der Waals surface area contributed by atoms with Gasteiger partial charge in [0.2, 0.25) is 0 Å². The third-order valence-electron chi connectivity index (χ3n) is 4.15. The van der Waals surface area contributed by atoms with Crippen LogP contribution in [-0.2, 0) is 11.8 Å². The molecule has 0 aliphatic carbocycles. The lowest BCUT2D eigenvalue weighted by atomic mass is 10.3. The Morgan fingerprint density at radius 1 is 1.04 bits per heavy atom. The molecule has 142 valence electrons. The highest BCUT2D eigenvalue weighted by Gasteiger charge is 2.29. The van der Waals surface area contributed by atoms with Gasteiger partial charge in [-0.25, -0.2) is 0 Å². The van der Waals surface area contributed by atoms with E-state index in [4.69, 9.17) is 21.1 Å². The lowest BCUT2D eigenvalue weighted by Crippen LogP contribution is -2.28. The molecule has 1 saturated heterocycles. The number of carbonyl (C=O) groups excluding carboxylic acids is 1. The summed E-state index contributed by atoms with van der Waals surface area (Å²) < 4.78 is 14.8. The molecule has 9 heteroatoms. The van der Waals surface area contributed by atoms with Crippen LogP contribution in [0.5, 0.6) is 0 Å². The van der Waals surface area contributed by atoms with Gasteiger partial charge in [-0.05, 0) is 24.3 Å². The van der Waals surface area contributed by atoms with Crippen LogP contribution in [0.2, 0.25) is 0 Å². The fourth-order valence-electron chi connectivity index (χ4n) is 2.54. The van der Waals surface area contributed by atoms with Gasteiger partial charge >= 0.3 is 0 Å². The Morgan fingerprint density at radius 3 is 2.14 bits per heavy atom. The molecule has 1 fully saturated rings. The van der Waals surface area contributed by atoms with E-state index in [1.807, 2.05) is 0 Å². The molecule has 0 aromatic carbocycles. The van der Waals surface area contributed by atoms with E-state index in [1.54, 1.807) is 50.5 Å². The lowest BCUT2D eigenvalue weighted by molar-refractivity contribution is -0.121. The molecule has 4 rings (SSSR count). The number of likely N-dealkylation sites (N-methyl/N-ethyl adjacent to an activating group) is 1. The highest BCUT2D eigenvalue weighted by molar-refractivity contribution is 8.26. The molecule has 0 saturated carbocycles. The minimum Gasteiger partial charge on any atom is -0.453 e. The summed E-state index contributed by atoms with van der Waals surface area (Å²) in [7, 11) is 3.33. The predicted octanol–water partition coefficient (Wildman–Crippen LogP) is 2.37. The maximum atomic E-state index is 12.1. The molecule has 4 heterocycles. The van der Waals surface area contributed by atoms with Crippen molar-refractivity contribution in [2.75, 3.05) is 7.05 Å². The molecular formula is C19H14N2O4S3. The molecule has 3 aromatic heterocycles. The van der Waals surface area contributed by atoms with Crippen molar-refractivity contribution < 1.29 is 13.6 Å². The summed E-state index contributed by atoms with van der Waals surface area (Å²) >= 11 is 7.66. The maximum absolute atomic E-state index is 12.1. The first-order valence-corrected chi connectivity index (χ1v) is 10.2. The summed E-state index contributed by atoms with van der Waals surface area (Å²) in [6.07, 6.45) is 3.34. The highest BCUT2D eigenvalue weighted by Crippen LogP contribution is 2.32. The van der Waals surface area contributed by atoms with Crippen LogP contribution in [0.1, 0.15) is 11.5 Å². The molecule has 28 heavy (non-hydrogen) atoms. The highest BCUT2D eigenvalue weighted by atomic mass is 32.2. The minimum absolute atomic E-state index is 0.110. The number of hydrogen-bond donors (Lipinski definition) is 0. The van der Waals surface area contributed by atoms with Crippen LogP contribution in [0.4, 0.5) is 0 Å². The summed E-state index contributed by atoms with van der Waals surface area (Å²) in [6, 6.07) is 7.05. The van der Waals surface area contributed by atoms with E-state index in [0.717, 1.165) is 0 Å². The van der Waals surface area contributed by atoms with E-state index in [2.05, 4.69) is 6.58 Å². The molecular weight excluding hydrogens is 416 g/mol. The van der Waals surface area contributed by atoms with Crippen LogP contribution < -0.4 is 14.8 Å². The average Bonchev–Trinajstić information content (AvgIpc) is 3.41. The van der Waals surface area contributed by atoms with Crippen LogP contribution in [0.3, 0.4) is 0 Å². The Bertz CT molecular complexity index is 1310. The van der Waals surface area contributed by atoms with Crippen molar-refractivity contribution in [3.8, 4) is 11.5 Å². The van der Waals surface area contributed by atoms with Crippen LogP contribution in [-0.4, -0.2) is 26.7 Å². The number of hydrogen-bond acceptors (Lipinski definition) is 7. The second kappa shape index (κ2) is 7.08. The Balaban J connectivity index is 1.62. The van der Waals surface area contributed by atoms with Gasteiger partial charge in [-0.1, -0.05) is 30.6 Å². The standard InChI is InChI=1S/C19H14N2O4S3/c1-10-20(2)17(22)15(27-10)8-11-4-6-13(24-11)14-7-5-12(25-14)9-16-18(23)21(3)19(26)28-16/h4-9H,1H2,2-3H3/b15-8-,16-9-. The number of carbonyl (C=O) groups is 1.